The number of rotatable bonds is 22. The van der Waals surface area contributed by atoms with Crippen molar-refractivity contribution >= 4 is 10.0 Å². The highest BCUT2D eigenvalue weighted by Gasteiger charge is 2.44. The fraction of sp³-hybridized carbons (Fsp3) is 0.806. The Labute approximate surface area is 257 Å². The van der Waals surface area contributed by atoms with Crippen molar-refractivity contribution < 1.29 is 48.5 Å². The molecule has 0 unspecified atom stereocenters. The molecule has 0 saturated carbocycles. The van der Waals surface area contributed by atoms with Crippen molar-refractivity contribution in [2.75, 3.05) is 13.2 Å². The van der Waals surface area contributed by atoms with Gasteiger partial charge in [0, 0.05) is 0 Å². The van der Waals surface area contributed by atoms with E-state index in [-0.39, 0.29) is 11.3 Å². The van der Waals surface area contributed by atoms with Gasteiger partial charge in [-0.05, 0) is 25.0 Å². The third-order valence-corrected chi connectivity index (χ3v) is 9.79. The molecule has 0 amide bonds. The molecule has 0 aliphatic carbocycles. The van der Waals surface area contributed by atoms with E-state index >= 15 is 0 Å². The highest BCUT2D eigenvalue weighted by Crippen LogP contribution is 2.23. The number of hydrogen-bond donors (Lipinski definition) is 7. The first-order valence-electron chi connectivity index (χ1n) is 15.9. The summed E-state index contributed by atoms with van der Waals surface area (Å²) in [5.41, 5.74) is 0.482. The highest BCUT2D eigenvalue weighted by molar-refractivity contribution is 7.89. The average Bonchev–Trinajstić information content (AvgIpc) is 2.99. The fourth-order valence-electron chi connectivity index (χ4n) is 5.36. The molecule has 0 spiro atoms. The second-order valence-electron chi connectivity index (χ2n) is 11.8. The number of hydrogen-bond acceptors (Lipinski definition) is 10. The predicted octanol–water partition coefficient (Wildman–Crippen LogP) is 2.27. The summed E-state index contributed by atoms with van der Waals surface area (Å²) in [6.07, 6.45) is 3.53. The van der Waals surface area contributed by atoms with Gasteiger partial charge in [-0.3, -0.25) is 0 Å². The van der Waals surface area contributed by atoms with Crippen LogP contribution < -0.4 is 4.72 Å². The summed E-state index contributed by atoms with van der Waals surface area (Å²) in [6, 6.07) is 4.97. The Morgan fingerprint density at radius 3 is 1.98 bits per heavy atom. The molecule has 1 aliphatic rings. The maximum Gasteiger partial charge on any atom is 0.241 e. The molecule has 43 heavy (non-hydrogen) atoms. The van der Waals surface area contributed by atoms with E-state index in [9.17, 15) is 39.1 Å². The molecule has 250 valence electrons. The molecule has 2 rings (SSSR count). The standard InChI is InChI=1S/C31H55NO10S/c1-3-4-5-6-7-8-9-10-11-12-13-14-18-24(34)27(35)23(32-43(39,40)26-19-16-15-17-22(26)2)21-41-31-30(38)29(37)28(36)25(20-33)42-31/h15-17,19,23-25,27-38H,3-14,18,20-21H2,1-2H3/t23-,24-,25-,27+,28+,29+,30-,31+/m1/s1. The minimum absolute atomic E-state index is 0.00418. The van der Waals surface area contributed by atoms with Crippen molar-refractivity contribution in [3.05, 3.63) is 29.8 Å². The molecule has 1 heterocycles. The highest BCUT2D eigenvalue weighted by atomic mass is 32.2. The quantitative estimate of drug-likeness (QED) is 0.0934. The zero-order chi connectivity index (χ0) is 31.8. The summed E-state index contributed by atoms with van der Waals surface area (Å²) in [6.45, 7) is 2.65. The molecule has 1 aromatic carbocycles. The molecule has 7 N–H and O–H groups in total. The summed E-state index contributed by atoms with van der Waals surface area (Å²) in [5, 5.41) is 61.7. The largest absolute Gasteiger partial charge is 0.394 e. The normalized spacial score (nSPS) is 25.0. The van der Waals surface area contributed by atoms with Crippen LogP contribution in [0.25, 0.3) is 0 Å². The van der Waals surface area contributed by atoms with Crippen LogP contribution in [0.1, 0.15) is 96.0 Å². The van der Waals surface area contributed by atoms with Crippen LogP contribution in [0.4, 0.5) is 0 Å². The van der Waals surface area contributed by atoms with Crippen LogP contribution in [-0.4, -0.2) is 101 Å². The van der Waals surface area contributed by atoms with E-state index in [1.807, 2.05) is 0 Å². The van der Waals surface area contributed by atoms with E-state index in [0.717, 1.165) is 19.3 Å². The predicted molar refractivity (Wildman–Crippen MR) is 163 cm³/mol. The Morgan fingerprint density at radius 2 is 1.42 bits per heavy atom. The van der Waals surface area contributed by atoms with Crippen LogP contribution in [0.15, 0.2) is 29.2 Å². The topological polar surface area (TPSA) is 186 Å². The summed E-state index contributed by atoms with van der Waals surface area (Å²) in [4.78, 5) is -0.00418. The average molecular weight is 634 g/mol. The monoisotopic (exact) mass is 633 g/mol. The second kappa shape index (κ2) is 20.0. The van der Waals surface area contributed by atoms with Crippen LogP contribution >= 0.6 is 0 Å². The molecular weight excluding hydrogens is 578 g/mol. The van der Waals surface area contributed by atoms with Crippen LogP contribution in [0.3, 0.4) is 0 Å². The van der Waals surface area contributed by atoms with Crippen molar-refractivity contribution in [3.8, 4) is 0 Å². The second-order valence-corrected chi connectivity index (χ2v) is 13.4. The Bertz CT molecular complexity index is 995. The van der Waals surface area contributed by atoms with Crippen LogP contribution in [0.2, 0.25) is 0 Å². The molecule has 0 bridgehead atoms. The molecule has 1 aromatic rings. The molecule has 0 aromatic heterocycles. The number of sulfonamides is 1. The van der Waals surface area contributed by atoms with Gasteiger partial charge in [-0.2, -0.15) is 0 Å². The molecule has 11 nitrogen and oxygen atoms in total. The van der Waals surface area contributed by atoms with Gasteiger partial charge in [0.1, 0.15) is 24.4 Å². The van der Waals surface area contributed by atoms with Crippen molar-refractivity contribution in [2.24, 2.45) is 0 Å². The lowest BCUT2D eigenvalue weighted by Crippen LogP contribution is -2.60. The maximum atomic E-state index is 13.2. The van der Waals surface area contributed by atoms with Crippen molar-refractivity contribution in [2.45, 2.75) is 151 Å². The van der Waals surface area contributed by atoms with Gasteiger partial charge in [-0.1, -0.05) is 102 Å². The number of aryl methyl sites for hydroxylation is 1. The lowest BCUT2D eigenvalue weighted by atomic mass is 9.99. The third-order valence-electron chi connectivity index (χ3n) is 8.14. The van der Waals surface area contributed by atoms with E-state index in [2.05, 4.69) is 11.6 Å². The summed E-state index contributed by atoms with van der Waals surface area (Å²) in [7, 11) is -4.15. The molecule has 0 radical (unpaired) electrons. The molecule has 1 fully saturated rings. The molecular formula is C31H55NO10S. The van der Waals surface area contributed by atoms with E-state index in [1.54, 1.807) is 25.1 Å². The Balaban J connectivity index is 1.93. The van der Waals surface area contributed by atoms with Gasteiger partial charge in [0.25, 0.3) is 0 Å². The molecule has 1 aliphatic heterocycles. The molecule has 8 atom stereocenters. The number of aliphatic hydroxyl groups is 6. The fourth-order valence-corrected chi connectivity index (χ4v) is 6.84. The number of unbranched alkanes of at least 4 members (excludes halogenated alkanes) is 11. The van der Waals surface area contributed by atoms with Gasteiger partial charge in [0.05, 0.1) is 36.4 Å². The van der Waals surface area contributed by atoms with Gasteiger partial charge in [-0.25, -0.2) is 13.1 Å². The summed E-state index contributed by atoms with van der Waals surface area (Å²) >= 11 is 0. The number of ether oxygens (including phenoxy) is 2. The van der Waals surface area contributed by atoms with Gasteiger partial charge in [0.15, 0.2) is 6.29 Å². The molecule has 1 saturated heterocycles. The van der Waals surface area contributed by atoms with Gasteiger partial charge < -0.3 is 40.1 Å². The maximum absolute atomic E-state index is 13.2. The third kappa shape index (κ3) is 12.6. The number of benzene rings is 1. The van der Waals surface area contributed by atoms with Gasteiger partial charge in [-0.15, -0.1) is 0 Å². The minimum atomic E-state index is -4.15. The van der Waals surface area contributed by atoms with E-state index in [4.69, 9.17) is 9.47 Å². The van der Waals surface area contributed by atoms with Gasteiger partial charge >= 0.3 is 0 Å². The van der Waals surface area contributed by atoms with Gasteiger partial charge in [0.2, 0.25) is 10.0 Å². The first kappa shape index (κ1) is 38.0. The smallest absolute Gasteiger partial charge is 0.241 e. The lowest BCUT2D eigenvalue weighted by molar-refractivity contribution is -0.303. The summed E-state index contributed by atoms with van der Waals surface area (Å²) in [5.74, 6) is 0. The van der Waals surface area contributed by atoms with E-state index in [1.165, 1.54) is 57.4 Å². The number of aliphatic hydroxyl groups excluding tert-OH is 6. The van der Waals surface area contributed by atoms with E-state index < -0.39 is 72.2 Å². The first-order valence-corrected chi connectivity index (χ1v) is 17.4. The van der Waals surface area contributed by atoms with Crippen LogP contribution in [0, 0.1) is 6.92 Å². The van der Waals surface area contributed by atoms with E-state index in [0.29, 0.717) is 12.0 Å². The van der Waals surface area contributed by atoms with Crippen LogP contribution in [-0.2, 0) is 19.5 Å². The Kier molecular flexibility index (Phi) is 17.7. The van der Waals surface area contributed by atoms with Crippen molar-refractivity contribution in [1.29, 1.82) is 0 Å². The number of nitrogens with one attached hydrogen (secondary N) is 1. The summed E-state index contributed by atoms with van der Waals surface area (Å²) < 4.78 is 39.8. The van der Waals surface area contributed by atoms with Crippen molar-refractivity contribution in [1.82, 2.24) is 4.72 Å². The first-order chi connectivity index (χ1) is 20.5. The zero-order valence-electron chi connectivity index (χ0n) is 25.8. The SMILES string of the molecule is CCCCCCCCCCCCCC[C@@H](O)[C@@H](O)[C@@H](CO[C@H]1O[C@H](CO)[C@H](O)[C@H](O)[C@H]1O)NS(=O)(=O)c1ccccc1C. The van der Waals surface area contributed by atoms with Crippen LogP contribution in [0.5, 0.6) is 0 Å². The lowest BCUT2D eigenvalue weighted by Gasteiger charge is -2.40. The minimum Gasteiger partial charge on any atom is -0.394 e. The Morgan fingerprint density at radius 1 is 0.860 bits per heavy atom. The van der Waals surface area contributed by atoms with Crippen molar-refractivity contribution in [3.63, 3.8) is 0 Å². The molecule has 12 heteroatoms. The zero-order valence-corrected chi connectivity index (χ0v) is 26.6. The Hall–Kier alpha value is -1.19.